The molecule has 7 heteroatoms. The van der Waals surface area contributed by atoms with Crippen molar-refractivity contribution in [3.05, 3.63) is 58.7 Å². The van der Waals surface area contributed by atoms with Crippen molar-refractivity contribution in [3.63, 3.8) is 0 Å². The van der Waals surface area contributed by atoms with E-state index in [0.29, 0.717) is 18.7 Å². The number of benzene rings is 1. The first kappa shape index (κ1) is 27.5. The number of carbonyl (C=O) groups is 1. The molecule has 32 heavy (non-hydrogen) atoms. The number of carboxylic acid groups (broad SMARTS) is 1. The highest BCUT2D eigenvalue weighted by molar-refractivity contribution is 7.87. The van der Waals surface area contributed by atoms with Crippen molar-refractivity contribution < 1.29 is 22.5 Å². The summed E-state index contributed by atoms with van der Waals surface area (Å²) in [5.41, 5.74) is 4.32. The molecule has 0 unspecified atom stereocenters. The van der Waals surface area contributed by atoms with Gasteiger partial charge in [-0.25, -0.2) is 4.79 Å². The van der Waals surface area contributed by atoms with E-state index in [0.717, 1.165) is 25.7 Å². The fraction of sp³-hybridized carbons (Fsp3) is 0.480. The Labute approximate surface area is 193 Å². The molecule has 0 aliphatic heterocycles. The van der Waals surface area contributed by atoms with Crippen LogP contribution in [-0.4, -0.2) is 31.8 Å². The lowest BCUT2D eigenvalue weighted by atomic mass is 10.1. The molecular weight excluding hydrogens is 426 g/mol. The predicted octanol–water partition coefficient (Wildman–Crippen LogP) is 6.33. The van der Waals surface area contributed by atoms with Gasteiger partial charge in [0.15, 0.2) is 5.75 Å². The Morgan fingerprint density at radius 1 is 1.03 bits per heavy atom. The maximum atomic E-state index is 12.0. The Hall–Kier alpha value is -2.54. The van der Waals surface area contributed by atoms with Crippen molar-refractivity contribution in [1.82, 2.24) is 0 Å². The van der Waals surface area contributed by atoms with Gasteiger partial charge in [0.1, 0.15) is 0 Å². The number of allylic oxidation sites excluding steroid dienone is 5. The largest absolute Gasteiger partial charge is 0.478 e. The molecule has 178 valence electrons. The molecule has 0 heterocycles. The summed E-state index contributed by atoms with van der Waals surface area (Å²) in [5.74, 6) is -1.09. The van der Waals surface area contributed by atoms with E-state index in [9.17, 15) is 18.3 Å². The fourth-order valence-corrected chi connectivity index (χ4v) is 3.98. The Kier molecular flexibility index (Phi) is 11.8. The second kappa shape index (κ2) is 13.8. The van der Waals surface area contributed by atoms with Gasteiger partial charge in [0.25, 0.3) is 0 Å². The SMILES string of the molecule is CCCS(=O)(=O)Oc1ccc(C(=O)O)cc1NC/C=C(\C)CC/C=C(\C)CCC=C(C)C. The molecule has 0 aromatic heterocycles. The summed E-state index contributed by atoms with van der Waals surface area (Å²) in [4.78, 5) is 11.3. The first-order chi connectivity index (χ1) is 15.0. The van der Waals surface area contributed by atoms with Crippen LogP contribution in [0.25, 0.3) is 0 Å². The molecule has 0 aliphatic rings. The van der Waals surface area contributed by atoms with Gasteiger partial charge in [-0.05, 0) is 78.0 Å². The first-order valence-corrected chi connectivity index (χ1v) is 12.6. The van der Waals surface area contributed by atoms with Crippen molar-refractivity contribution in [1.29, 1.82) is 0 Å². The molecule has 0 aliphatic carbocycles. The number of hydrogen-bond acceptors (Lipinski definition) is 5. The maximum absolute atomic E-state index is 12.0. The molecule has 1 aromatic carbocycles. The highest BCUT2D eigenvalue weighted by atomic mass is 32.2. The van der Waals surface area contributed by atoms with E-state index in [1.807, 2.05) is 13.0 Å². The lowest BCUT2D eigenvalue weighted by Gasteiger charge is -2.13. The van der Waals surface area contributed by atoms with Crippen LogP contribution in [0, 0.1) is 0 Å². The third-order valence-electron chi connectivity index (χ3n) is 4.76. The van der Waals surface area contributed by atoms with Crippen LogP contribution in [0.3, 0.4) is 0 Å². The number of aromatic carboxylic acids is 1. The van der Waals surface area contributed by atoms with E-state index in [-0.39, 0.29) is 17.1 Å². The van der Waals surface area contributed by atoms with Gasteiger partial charge in [0.2, 0.25) is 0 Å². The fourth-order valence-electron chi connectivity index (χ4n) is 2.98. The van der Waals surface area contributed by atoms with E-state index in [2.05, 4.69) is 38.2 Å². The summed E-state index contributed by atoms with van der Waals surface area (Å²) in [6, 6.07) is 4.09. The van der Waals surface area contributed by atoms with Crippen LogP contribution in [0.4, 0.5) is 5.69 Å². The van der Waals surface area contributed by atoms with Gasteiger partial charge < -0.3 is 14.6 Å². The second-order valence-electron chi connectivity index (χ2n) is 8.20. The normalized spacial score (nSPS) is 12.4. The van der Waals surface area contributed by atoms with Crippen LogP contribution in [0.5, 0.6) is 5.75 Å². The van der Waals surface area contributed by atoms with Crippen molar-refractivity contribution in [2.45, 2.75) is 66.7 Å². The van der Waals surface area contributed by atoms with Crippen LogP contribution < -0.4 is 9.50 Å². The minimum absolute atomic E-state index is 0.0576. The predicted molar refractivity (Wildman–Crippen MR) is 132 cm³/mol. The van der Waals surface area contributed by atoms with Crippen molar-refractivity contribution >= 4 is 21.8 Å². The molecule has 0 radical (unpaired) electrons. The minimum Gasteiger partial charge on any atom is -0.478 e. The molecular formula is C25H37NO5S. The highest BCUT2D eigenvalue weighted by Gasteiger charge is 2.16. The zero-order valence-electron chi connectivity index (χ0n) is 19.9. The highest BCUT2D eigenvalue weighted by Crippen LogP contribution is 2.27. The van der Waals surface area contributed by atoms with E-state index in [1.54, 1.807) is 6.92 Å². The zero-order chi connectivity index (χ0) is 24.1. The molecule has 1 rings (SSSR count). The summed E-state index contributed by atoms with van der Waals surface area (Å²) in [5, 5.41) is 12.3. The summed E-state index contributed by atoms with van der Waals surface area (Å²) >= 11 is 0. The molecule has 0 atom stereocenters. The van der Waals surface area contributed by atoms with Crippen molar-refractivity contribution in [3.8, 4) is 5.75 Å². The molecule has 6 nitrogen and oxygen atoms in total. The standard InChI is InChI=1S/C25H37NO5S/c1-6-17-32(29,30)31-24-14-13-22(25(27)28)18-23(24)26-16-15-21(5)12-8-11-20(4)10-7-9-19(2)3/h9,11,13-15,18,26H,6-8,10,12,16-17H2,1-5H3,(H,27,28)/b20-11+,21-15+. The lowest BCUT2D eigenvalue weighted by Crippen LogP contribution is -2.15. The van der Waals surface area contributed by atoms with Crippen LogP contribution in [0.1, 0.15) is 77.1 Å². The first-order valence-electron chi connectivity index (χ1n) is 11.0. The quantitative estimate of drug-likeness (QED) is 0.247. The summed E-state index contributed by atoms with van der Waals surface area (Å²) in [7, 11) is -3.73. The number of anilines is 1. The summed E-state index contributed by atoms with van der Waals surface area (Å²) in [6.07, 6.45) is 11.0. The topological polar surface area (TPSA) is 92.7 Å². The number of carboxylic acids is 1. The molecule has 0 fully saturated rings. The molecule has 0 saturated heterocycles. The van der Waals surface area contributed by atoms with Gasteiger partial charge in [-0.2, -0.15) is 8.42 Å². The van der Waals surface area contributed by atoms with Gasteiger partial charge in [0, 0.05) is 6.54 Å². The number of nitrogens with one attached hydrogen (secondary N) is 1. The van der Waals surface area contributed by atoms with Crippen LogP contribution in [-0.2, 0) is 10.1 Å². The molecule has 0 saturated carbocycles. The molecule has 0 spiro atoms. The Bertz CT molecular complexity index is 955. The van der Waals surface area contributed by atoms with Crippen LogP contribution >= 0.6 is 0 Å². The van der Waals surface area contributed by atoms with E-state index < -0.39 is 16.1 Å². The number of hydrogen-bond donors (Lipinski definition) is 2. The summed E-state index contributed by atoms with van der Waals surface area (Å²) in [6.45, 7) is 10.6. The van der Waals surface area contributed by atoms with E-state index >= 15 is 0 Å². The van der Waals surface area contributed by atoms with Gasteiger partial charge in [-0.15, -0.1) is 0 Å². The van der Waals surface area contributed by atoms with Gasteiger partial charge in [-0.1, -0.05) is 41.9 Å². The molecule has 0 amide bonds. The monoisotopic (exact) mass is 463 g/mol. The van der Waals surface area contributed by atoms with Gasteiger partial charge in [0.05, 0.1) is 17.0 Å². The lowest BCUT2D eigenvalue weighted by molar-refractivity contribution is 0.0697. The number of rotatable bonds is 14. The van der Waals surface area contributed by atoms with E-state index in [1.165, 1.54) is 34.9 Å². The Morgan fingerprint density at radius 3 is 2.25 bits per heavy atom. The average molecular weight is 464 g/mol. The molecule has 2 N–H and O–H groups in total. The van der Waals surface area contributed by atoms with E-state index in [4.69, 9.17) is 4.18 Å². The third-order valence-corrected chi connectivity index (χ3v) is 6.10. The smallest absolute Gasteiger partial charge is 0.335 e. The molecule has 0 bridgehead atoms. The van der Waals surface area contributed by atoms with Crippen molar-refractivity contribution in [2.75, 3.05) is 17.6 Å². The third kappa shape index (κ3) is 11.2. The Morgan fingerprint density at radius 2 is 1.66 bits per heavy atom. The minimum atomic E-state index is -3.73. The van der Waals surface area contributed by atoms with Crippen LogP contribution in [0.15, 0.2) is 53.1 Å². The van der Waals surface area contributed by atoms with Gasteiger partial charge >= 0.3 is 16.1 Å². The Balaban J connectivity index is 2.74. The van der Waals surface area contributed by atoms with Crippen molar-refractivity contribution in [2.24, 2.45) is 0 Å². The second-order valence-corrected chi connectivity index (χ2v) is 9.89. The van der Waals surface area contributed by atoms with Crippen LogP contribution in [0.2, 0.25) is 0 Å². The zero-order valence-corrected chi connectivity index (χ0v) is 20.7. The van der Waals surface area contributed by atoms with Gasteiger partial charge in [-0.3, -0.25) is 0 Å². The summed E-state index contributed by atoms with van der Waals surface area (Å²) < 4.78 is 29.3. The molecule has 1 aromatic rings. The maximum Gasteiger partial charge on any atom is 0.335 e. The average Bonchev–Trinajstić information content (AvgIpc) is 2.68.